The molecule has 114 valence electrons. The second kappa shape index (κ2) is 6.45. The van der Waals surface area contributed by atoms with Crippen LogP contribution in [0.4, 0.5) is 10.5 Å². The summed E-state index contributed by atoms with van der Waals surface area (Å²) in [7, 11) is 3.03. The molecule has 0 atom stereocenters. The highest BCUT2D eigenvalue weighted by Crippen LogP contribution is 2.24. The molecule has 1 aromatic rings. The Bertz CT molecular complexity index is 540. The van der Waals surface area contributed by atoms with Crippen LogP contribution in [0.15, 0.2) is 18.2 Å². The van der Waals surface area contributed by atoms with E-state index in [0.29, 0.717) is 5.69 Å². The van der Waals surface area contributed by atoms with Crippen LogP contribution in [0, 0.1) is 0 Å². The van der Waals surface area contributed by atoms with Gasteiger partial charge in [-0.05, 0) is 25.0 Å². The van der Waals surface area contributed by atoms with Gasteiger partial charge in [-0.15, -0.1) is 0 Å². The van der Waals surface area contributed by atoms with Gasteiger partial charge < -0.3 is 25.2 Å². The summed E-state index contributed by atoms with van der Waals surface area (Å²) in [5.41, 5.74) is 0.516. The first-order valence-corrected chi connectivity index (χ1v) is 6.55. The van der Waals surface area contributed by atoms with E-state index in [9.17, 15) is 9.59 Å². The minimum Gasteiger partial charge on any atom is -0.496 e. The van der Waals surface area contributed by atoms with Gasteiger partial charge in [-0.25, -0.2) is 9.59 Å². The lowest BCUT2D eigenvalue weighted by atomic mass is 9.89. The Hall–Kier alpha value is -2.28. The van der Waals surface area contributed by atoms with Gasteiger partial charge in [0.25, 0.3) is 0 Å². The Morgan fingerprint density at radius 1 is 1.29 bits per heavy atom. The number of methoxy groups -OCH3 is 2. The zero-order chi connectivity index (χ0) is 15.4. The summed E-state index contributed by atoms with van der Waals surface area (Å²) < 4.78 is 10.1. The number of aromatic carboxylic acids is 1. The summed E-state index contributed by atoms with van der Waals surface area (Å²) in [6.45, 7) is 0. The van der Waals surface area contributed by atoms with Crippen molar-refractivity contribution in [2.24, 2.45) is 0 Å². The molecule has 0 aromatic heterocycles. The fourth-order valence-corrected chi connectivity index (χ4v) is 2.17. The summed E-state index contributed by atoms with van der Waals surface area (Å²) in [6.07, 6.45) is 1.81. The van der Waals surface area contributed by atoms with Gasteiger partial charge >= 0.3 is 12.0 Å². The average molecular weight is 294 g/mol. The number of rotatable bonds is 5. The number of hydrogen-bond donors (Lipinski definition) is 3. The minimum absolute atomic E-state index is 0.0467. The number of urea groups is 1. The van der Waals surface area contributed by atoms with Crippen molar-refractivity contribution in [2.45, 2.75) is 25.0 Å². The number of amides is 2. The molecule has 2 amide bonds. The van der Waals surface area contributed by atoms with Crippen molar-refractivity contribution in [2.75, 3.05) is 19.5 Å². The van der Waals surface area contributed by atoms with E-state index in [-0.39, 0.29) is 29.5 Å². The molecule has 0 radical (unpaired) electrons. The Morgan fingerprint density at radius 2 is 2.00 bits per heavy atom. The van der Waals surface area contributed by atoms with Crippen LogP contribution >= 0.6 is 0 Å². The molecule has 0 heterocycles. The number of carboxylic acids is 1. The van der Waals surface area contributed by atoms with Crippen LogP contribution in [0.5, 0.6) is 5.75 Å². The van der Waals surface area contributed by atoms with Gasteiger partial charge in [0.2, 0.25) is 0 Å². The summed E-state index contributed by atoms with van der Waals surface area (Å²) in [4.78, 5) is 22.8. The van der Waals surface area contributed by atoms with Gasteiger partial charge in [0.05, 0.1) is 13.2 Å². The number of ether oxygens (including phenoxy) is 2. The molecular formula is C14H18N2O5. The molecule has 7 nitrogen and oxygen atoms in total. The van der Waals surface area contributed by atoms with Gasteiger partial charge in [-0.2, -0.15) is 0 Å². The molecule has 3 N–H and O–H groups in total. The van der Waals surface area contributed by atoms with Crippen molar-refractivity contribution < 1.29 is 24.2 Å². The number of carbonyl (C=O) groups is 2. The van der Waals surface area contributed by atoms with Crippen LogP contribution in [0.3, 0.4) is 0 Å². The highest BCUT2D eigenvalue weighted by Gasteiger charge is 2.30. The second-order valence-electron chi connectivity index (χ2n) is 4.84. The molecule has 2 rings (SSSR count). The molecule has 1 fully saturated rings. The Kier molecular flexibility index (Phi) is 4.64. The fraction of sp³-hybridized carbons (Fsp3) is 0.429. The third-order valence-corrected chi connectivity index (χ3v) is 3.45. The highest BCUT2D eigenvalue weighted by molar-refractivity contribution is 5.94. The molecule has 0 spiro atoms. The van der Waals surface area contributed by atoms with E-state index in [0.717, 1.165) is 12.8 Å². The summed E-state index contributed by atoms with van der Waals surface area (Å²) >= 11 is 0. The maximum Gasteiger partial charge on any atom is 0.339 e. The Labute approximate surface area is 122 Å². The molecule has 1 saturated carbocycles. The Balaban J connectivity index is 1.93. The third kappa shape index (κ3) is 3.63. The number of carbonyl (C=O) groups excluding carboxylic acids is 1. The largest absolute Gasteiger partial charge is 0.496 e. The first-order chi connectivity index (χ1) is 10.0. The van der Waals surface area contributed by atoms with E-state index < -0.39 is 5.97 Å². The normalized spacial score (nSPS) is 20.3. The first-order valence-electron chi connectivity index (χ1n) is 6.55. The average Bonchev–Trinajstić information content (AvgIpc) is 2.41. The van der Waals surface area contributed by atoms with E-state index in [1.54, 1.807) is 7.11 Å². The SMILES string of the molecule is COc1cc(NC(=O)NC2CC(OC)C2)ccc1C(=O)O. The molecule has 0 unspecified atom stereocenters. The first kappa shape index (κ1) is 15.1. The maximum absolute atomic E-state index is 11.8. The summed E-state index contributed by atoms with van der Waals surface area (Å²) in [5, 5.41) is 14.5. The van der Waals surface area contributed by atoms with Crippen LogP contribution in [-0.4, -0.2) is 43.5 Å². The number of anilines is 1. The maximum atomic E-state index is 11.8. The number of carboxylic acid groups (broad SMARTS) is 1. The topological polar surface area (TPSA) is 96.9 Å². The molecule has 7 heteroatoms. The molecule has 1 aliphatic carbocycles. The zero-order valence-electron chi connectivity index (χ0n) is 11.9. The van der Waals surface area contributed by atoms with E-state index in [4.69, 9.17) is 14.6 Å². The monoisotopic (exact) mass is 294 g/mol. The highest BCUT2D eigenvalue weighted by atomic mass is 16.5. The van der Waals surface area contributed by atoms with Crippen molar-refractivity contribution in [3.8, 4) is 5.75 Å². The molecule has 0 bridgehead atoms. The van der Waals surface area contributed by atoms with Gasteiger partial charge in [-0.1, -0.05) is 0 Å². The summed E-state index contributed by atoms with van der Waals surface area (Å²) in [6, 6.07) is 4.16. The number of hydrogen-bond acceptors (Lipinski definition) is 4. The Morgan fingerprint density at radius 3 is 2.57 bits per heavy atom. The molecule has 1 aromatic carbocycles. The quantitative estimate of drug-likeness (QED) is 0.768. The lowest BCUT2D eigenvalue weighted by Crippen LogP contribution is -2.48. The molecule has 1 aliphatic rings. The van der Waals surface area contributed by atoms with Crippen LogP contribution in [-0.2, 0) is 4.74 Å². The van der Waals surface area contributed by atoms with Gasteiger partial charge in [0.15, 0.2) is 0 Å². The van der Waals surface area contributed by atoms with Gasteiger partial charge in [-0.3, -0.25) is 0 Å². The standard InChI is InChI=1S/C14H18N2O5/c1-20-10-5-9(6-10)16-14(19)15-8-3-4-11(13(17)18)12(7-8)21-2/h3-4,7,9-10H,5-6H2,1-2H3,(H,17,18)(H2,15,16,19). The van der Waals surface area contributed by atoms with E-state index in [1.165, 1.54) is 25.3 Å². The van der Waals surface area contributed by atoms with Crippen LogP contribution in [0.2, 0.25) is 0 Å². The number of benzene rings is 1. The van der Waals surface area contributed by atoms with Crippen molar-refractivity contribution in [3.05, 3.63) is 23.8 Å². The predicted octanol–water partition coefficient (Wildman–Crippen LogP) is 1.69. The fourth-order valence-electron chi connectivity index (χ4n) is 2.17. The second-order valence-corrected chi connectivity index (χ2v) is 4.84. The minimum atomic E-state index is -1.08. The zero-order valence-corrected chi connectivity index (χ0v) is 11.9. The predicted molar refractivity (Wildman–Crippen MR) is 75.9 cm³/mol. The molecule has 0 aliphatic heterocycles. The molecular weight excluding hydrogens is 276 g/mol. The van der Waals surface area contributed by atoms with E-state index >= 15 is 0 Å². The van der Waals surface area contributed by atoms with Gasteiger partial charge in [0.1, 0.15) is 11.3 Å². The van der Waals surface area contributed by atoms with E-state index in [2.05, 4.69) is 10.6 Å². The van der Waals surface area contributed by atoms with Crippen LogP contribution in [0.1, 0.15) is 23.2 Å². The van der Waals surface area contributed by atoms with Crippen molar-refractivity contribution in [3.63, 3.8) is 0 Å². The number of nitrogens with one attached hydrogen (secondary N) is 2. The van der Waals surface area contributed by atoms with Crippen LogP contribution < -0.4 is 15.4 Å². The van der Waals surface area contributed by atoms with Crippen molar-refractivity contribution in [1.82, 2.24) is 5.32 Å². The lowest BCUT2D eigenvalue weighted by Gasteiger charge is -2.34. The summed E-state index contributed by atoms with van der Waals surface area (Å²) in [5.74, 6) is -0.883. The van der Waals surface area contributed by atoms with E-state index in [1.807, 2.05) is 0 Å². The smallest absolute Gasteiger partial charge is 0.339 e. The lowest BCUT2D eigenvalue weighted by molar-refractivity contribution is 0.0210. The van der Waals surface area contributed by atoms with Crippen LogP contribution in [0.25, 0.3) is 0 Å². The molecule has 0 saturated heterocycles. The third-order valence-electron chi connectivity index (χ3n) is 3.45. The van der Waals surface area contributed by atoms with Gasteiger partial charge in [0, 0.05) is 24.9 Å². The van der Waals surface area contributed by atoms with Crippen molar-refractivity contribution in [1.29, 1.82) is 0 Å². The van der Waals surface area contributed by atoms with Crippen molar-refractivity contribution >= 4 is 17.7 Å². The molecule has 21 heavy (non-hydrogen) atoms.